The third-order valence-corrected chi connectivity index (χ3v) is 7.25. The summed E-state index contributed by atoms with van der Waals surface area (Å²) in [5, 5.41) is 14.7. The molecule has 0 radical (unpaired) electrons. The number of halogens is 2. The Morgan fingerprint density at radius 3 is 2.57 bits per heavy atom. The molecular formula is C28H21F2N5O2. The summed E-state index contributed by atoms with van der Waals surface area (Å²) in [6.07, 6.45) is 12.4. The third kappa shape index (κ3) is 3.43. The molecule has 0 atom stereocenters. The van der Waals surface area contributed by atoms with E-state index in [9.17, 15) is 9.50 Å². The molecule has 6 rings (SSSR count). The summed E-state index contributed by atoms with van der Waals surface area (Å²) in [6.45, 7) is 3.25. The van der Waals surface area contributed by atoms with E-state index in [1.807, 2.05) is 0 Å². The van der Waals surface area contributed by atoms with Gasteiger partial charge in [-0.15, -0.1) is 12.8 Å². The number of phenolic OH excluding ortho intramolecular Hbond substituents is 1. The molecule has 4 aromatic rings. The number of benzene rings is 2. The fourth-order valence-corrected chi connectivity index (χ4v) is 5.37. The van der Waals surface area contributed by atoms with E-state index in [1.165, 1.54) is 31.4 Å². The lowest BCUT2D eigenvalue weighted by atomic mass is 9.81. The molecule has 0 unspecified atom stereocenters. The molecule has 0 bridgehead atoms. The molecule has 2 N–H and O–H groups in total. The highest BCUT2D eigenvalue weighted by Gasteiger charge is 2.44. The molecule has 2 fully saturated rings. The van der Waals surface area contributed by atoms with Crippen LogP contribution in [0.4, 0.5) is 14.6 Å². The molecule has 0 aliphatic carbocycles. The van der Waals surface area contributed by atoms with Crippen LogP contribution >= 0.6 is 0 Å². The van der Waals surface area contributed by atoms with E-state index in [-0.39, 0.29) is 50.6 Å². The van der Waals surface area contributed by atoms with Gasteiger partial charge in [0.25, 0.3) is 0 Å². The van der Waals surface area contributed by atoms with Gasteiger partial charge in [-0.05, 0) is 35.9 Å². The van der Waals surface area contributed by atoms with Gasteiger partial charge in [0.1, 0.15) is 34.3 Å². The van der Waals surface area contributed by atoms with E-state index in [0.29, 0.717) is 23.1 Å². The lowest BCUT2D eigenvalue weighted by Gasteiger charge is -2.39. The van der Waals surface area contributed by atoms with Crippen molar-refractivity contribution in [2.45, 2.75) is 6.42 Å². The Morgan fingerprint density at radius 2 is 1.92 bits per heavy atom. The van der Waals surface area contributed by atoms with E-state index in [1.54, 1.807) is 0 Å². The van der Waals surface area contributed by atoms with Crippen LogP contribution in [0.2, 0.25) is 0 Å². The molecule has 0 amide bonds. The van der Waals surface area contributed by atoms with Crippen LogP contribution in [0.1, 0.15) is 17.7 Å². The van der Waals surface area contributed by atoms with Crippen molar-refractivity contribution in [3.63, 3.8) is 0 Å². The highest BCUT2D eigenvalue weighted by atomic mass is 19.1. The van der Waals surface area contributed by atoms with Crippen LogP contribution in [0.5, 0.6) is 11.8 Å². The zero-order valence-electron chi connectivity index (χ0n) is 19.9. The van der Waals surface area contributed by atoms with Crippen LogP contribution in [0, 0.1) is 41.7 Å². The first-order valence-electron chi connectivity index (χ1n) is 11.7. The van der Waals surface area contributed by atoms with Gasteiger partial charge in [0.15, 0.2) is 5.82 Å². The van der Waals surface area contributed by atoms with Crippen molar-refractivity contribution in [2.24, 2.45) is 5.41 Å². The fraction of sp³-hybridized carbons (Fsp3) is 0.250. The molecule has 2 saturated heterocycles. The predicted octanol–water partition coefficient (Wildman–Crippen LogP) is 3.60. The quantitative estimate of drug-likeness (QED) is 0.419. The number of terminal acetylenes is 2. The van der Waals surface area contributed by atoms with Crippen LogP contribution in [0.15, 0.2) is 24.3 Å². The number of methoxy groups -OCH3 is 1. The number of nitrogens with one attached hydrogen (secondary N) is 1. The molecule has 9 heteroatoms. The van der Waals surface area contributed by atoms with E-state index in [2.05, 4.69) is 37.0 Å². The average Bonchev–Trinajstić information content (AvgIpc) is 3.35. The Balaban J connectivity index is 1.66. The molecule has 4 heterocycles. The van der Waals surface area contributed by atoms with Crippen molar-refractivity contribution in [1.29, 1.82) is 0 Å². The molecule has 7 nitrogen and oxygen atoms in total. The SMILES string of the molecule is C#Cc1c(F)ccc2cc(O)cc(-c3nc(C#C)c4c(N5CCC6(CNC6)C5)nc(OC)nc4c3F)c12. The molecule has 2 aromatic heterocycles. The van der Waals surface area contributed by atoms with Gasteiger partial charge in [-0.25, -0.2) is 13.8 Å². The van der Waals surface area contributed by atoms with Crippen molar-refractivity contribution in [1.82, 2.24) is 20.3 Å². The van der Waals surface area contributed by atoms with Crippen molar-refractivity contribution < 1.29 is 18.6 Å². The van der Waals surface area contributed by atoms with E-state index in [4.69, 9.17) is 17.6 Å². The number of anilines is 1. The van der Waals surface area contributed by atoms with Gasteiger partial charge in [0.05, 0.1) is 18.1 Å². The Bertz CT molecular complexity index is 1700. The van der Waals surface area contributed by atoms with Crippen LogP contribution in [0.25, 0.3) is 32.9 Å². The van der Waals surface area contributed by atoms with Crippen LogP contribution in [0.3, 0.4) is 0 Å². The number of pyridine rings is 1. The summed E-state index contributed by atoms with van der Waals surface area (Å²) in [4.78, 5) is 15.4. The fourth-order valence-electron chi connectivity index (χ4n) is 5.37. The summed E-state index contributed by atoms with van der Waals surface area (Å²) in [6, 6.07) is 5.33. The van der Waals surface area contributed by atoms with Gasteiger partial charge >= 0.3 is 6.01 Å². The number of hydrogen-bond acceptors (Lipinski definition) is 7. The van der Waals surface area contributed by atoms with E-state index in [0.717, 1.165) is 26.1 Å². The highest BCUT2D eigenvalue weighted by molar-refractivity contribution is 6.04. The van der Waals surface area contributed by atoms with Crippen molar-refractivity contribution in [2.75, 3.05) is 38.2 Å². The number of rotatable bonds is 3. The molecular weight excluding hydrogens is 476 g/mol. The lowest BCUT2D eigenvalue weighted by Crippen LogP contribution is -2.54. The van der Waals surface area contributed by atoms with Gasteiger partial charge in [-0.2, -0.15) is 9.97 Å². The standard InChI is InChI=1S/C28H21F2N5O2/c1-4-17-19(29)7-6-15-10-16(36)11-18(21(15)17)24-23(30)25-22(20(5-2)32-24)26(34-27(33-25)37-3)35-9-8-28(14-35)12-31-13-28/h1-2,6-7,10-11,31,36H,8-9,12-14H2,3H3. The molecule has 2 aromatic carbocycles. The Kier molecular flexibility index (Phi) is 5.15. The zero-order chi connectivity index (χ0) is 25.9. The lowest BCUT2D eigenvalue weighted by molar-refractivity contribution is 0.199. The number of aromatic hydroxyl groups is 1. The number of hydrogen-bond donors (Lipinski definition) is 2. The maximum absolute atomic E-state index is 16.3. The van der Waals surface area contributed by atoms with E-state index >= 15 is 4.39 Å². The smallest absolute Gasteiger partial charge is 0.318 e. The minimum atomic E-state index is -0.811. The Labute approximate surface area is 211 Å². The molecule has 2 aliphatic rings. The summed E-state index contributed by atoms with van der Waals surface area (Å²) in [7, 11) is 1.40. The van der Waals surface area contributed by atoms with Gasteiger partial charge < -0.3 is 20.1 Å². The summed E-state index contributed by atoms with van der Waals surface area (Å²) >= 11 is 0. The van der Waals surface area contributed by atoms with Gasteiger partial charge in [-0.3, -0.25) is 0 Å². The Morgan fingerprint density at radius 1 is 1.11 bits per heavy atom. The topological polar surface area (TPSA) is 83.4 Å². The maximum atomic E-state index is 16.3. The largest absolute Gasteiger partial charge is 0.508 e. The number of aromatic nitrogens is 3. The zero-order valence-corrected chi connectivity index (χ0v) is 19.9. The molecule has 2 aliphatic heterocycles. The van der Waals surface area contributed by atoms with Crippen molar-refractivity contribution >= 4 is 27.5 Å². The van der Waals surface area contributed by atoms with Gasteiger partial charge in [0.2, 0.25) is 0 Å². The summed E-state index contributed by atoms with van der Waals surface area (Å²) in [5.74, 6) is 3.70. The summed E-state index contributed by atoms with van der Waals surface area (Å²) < 4.78 is 36.3. The average molecular weight is 498 g/mol. The van der Waals surface area contributed by atoms with Crippen molar-refractivity contribution in [3.8, 4) is 47.7 Å². The maximum Gasteiger partial charge on any atom is 0.318 e. The second-order valence-electron chi connectivity index (χ2n) is 9.46. The van der Waals surface area contributed by atoms with Gasteiger partial charge in [-0.1, -0.05) is 12.0 Å². The molecule has 0 saturated carbocycles. The normalized spacial score (nSPS) is 16.1. The first kappa shape index (κ1) is 23.0. The predicted molar refractivity (Wildman–Crippen MR) is 136 cm³/mol. The van der Waals surface area contributed by atoms with Crippen LogP contribution < -0.4 is 15.0 Å². The van der Waals surface area contributed by atoms with E-state index < -0.39 is 11.6 Å². The number of fused-ring (bicyclic) bond motifs is 2. The van der Waals surface area contributed by atoms with Gasteiger partial charge in [0, 0.05) is 42.5 Å². The first-order chi connectivity index (χ1) is 17.9. The minimum absolute atomic E-state index is 0.0228. The number of nitrogens with zero attached hydrogens (tertiary/aromatic N) is 4. The van der Waals surface area contributed by atoms with Crippen LogP contribution in [-0.2, 0) is 0 Å². The monoisotopic (exact) mass is 497 g/mol. The highest BCUT2D eigenvalue weighted by Crippen LogP contribution is 2.42. The Hall–Kier alpha value is -4.47. The minimum Gasteiger partial charge on any atom is -0.508 e. The number of ether oxygens (including phenoxy) is 1. The molecule has 184 valence electrons. The summed E-state index contributed by atoms with van der Waals surface area (Å²) in [5.41, 5.74) is -0.0134. The molecule has 1 spiro atoms. The molecule has 37 heavy (non-hydrogen) atoms. The van der Waals surface area contributed by atoms with Crippen LogP contribution in [-0.4, -0.2) is 53.3 Å². The van der Waals surface area contributed by atoms with Crippen molar-refractivity contribution in [3.05, 3.63) is 47.2 Å². The third-order valence-electron chi connectivity index (χ3n) is 7.25. The first-order valence-corrected chi connectivity index (χ1v) is 11.7. The second-order valence-corrected chi connectivity index (χ2v) is 9.46. The number of phenols is 1. The second kappa shape index (κ2) is 8.29.